The Labute approximate surface area is 158 Å². The van der Waals surface area contributed by atoms with E-state index < -0.39 is 10.0 Å². The lowest BCUT2D eigenvalue weighted by molar-refractivity contribution is -0.134. The predicted molar refractivity (Wildman–Crippen MR) is 95.2 cm³/mol. The quantitative estimate of drug-likeness (QED) is 0.713. The molecule has 4 heterocycles. The van der Waals surface area contributed by atoms with Crippen LogP contribution >= 0.6 is 0 Å². The fourth-order valence-corrected chi connectivity index (χ4v) is 6.01. The van der Waals surface area contributed by atoms with Gasteiger partial charge in [-0.15, -0.1) is 0 Å². The van der Waals surface area contributed by atoms with Crippen molar-refractivity contribution in [2.45, 2.75) is 25.3 Å². The minimum Gasteiger partial charge on any atom is -0.351 e. The summed E-state index contributed by atoms with van der Waals surface area (Å²) in [7, 11) is -3.32. The van der Waals surface area contributed by atoms with E-state index in [9.17, 15) is 18.0 Å². The summed E-state index contributed by atoms with van der Waals surface area (Å²) in [5, 5.41) is 3.58. The molecule has 0 saturated carbocycles. The summed E-state index contributed by atoms with van der Waals surface area (Å²) in [6, 6.07) is 1.54. The lowest BCUT2D eigenvalue weighted by Crippen LogP contribution is -2.58. The first-order valence-electron chi connectivity index (χ1n) is 9.24. The second kappa shape index (κ2) is 6.30. The smallest absolute Gasteiger partial charge is 0.292 e. The number of amides is 2. The number of sulfonamides is 1. The first-order valence-corrected chi connectivity index (χ1v) is 11.1. The topological polar surface area (TPSA) is 104 Å². The first kappa shape index (κ1) is 18.4. The zero-order chi connectivity index (χ0) is 19.4. The number of carbonyl (C=O) groups is 2. The van der Waals surface area contributed by atoms with E-state index in [1.807, 2.05) is 11.8 Å². The van der Waals surface area contributed by atoms with E-state index in [4.69, 9.17) is 4.52 Å². The van der Waals surface area contributed by atoms with Crippen molar-refractivity contribution in [3.8, 4) is 0 Å². The van der Waals surface area contributed by atoms with Crippen LogP contribution in [-0.2, 0) is 14.8 Å². The van der Waals surface area contributed by atoms with Crippen molar-refractivity contribution >= 4 is 21.8 Å². The number of nitrogens with zero attached hydrogens (tertiary/aromatic N) is 4. The number of rotatable bonds is 3. The average Bonchev–Trinajstić information content (AvgIpc) is 3.34. The van der Waals surface area contributed by atoms with E-state index in [0.29, 0.717) is 39.0 Å². The van der Waals surface area contributed by atoms with Crippen LogP contribution in [0.4, 0.5) is 0 Å². The Bertz CT molecular complexity index is 845. The summed E-state index contributed by atoms with van der Waals surface area (Å²) >= 11 is 0. The van der Waals surface area contributed by atoms with Crippen molar-refractivity contribution in [1.82, 2.24) is 19.3 Å². The minimum absolute atomic E-state index is 0.0257. The predicted octanol–water partition coefficient (Wildman–Crippen LogP) is 0.0191. The second-order valence-electron chi connectivity index (χ2n) is 7.65. The number of hydrogen-bond donors (Lipinski definition) is 0. The maximum Gasteiger partial charge on any atom is 0.292 e. The van der Waals surface area contributed by atoms with Gasteiger partial charge in [0.05, 0.1) is 23.9 Å². The molecule has 1 spiro atoms. The second-order valence-corrected chi connectivity index (χ2v) is 9.63. The highest BCUT2D eigenvalue weighted by Gasteiger charge is 2.62. The SMILES string of the molecule is CCN1C(=O)[C@@H]2CN(S(C)(=O)=O)C[C@@H]2C12CCN(C(=O)c1ccno1)CC2. The van der Waals surface area contributed by atoms with Gasteiger partial charge in [-0.3, -0.25) is 9.59 Å². The number of carbonyl (C=O) groups excluding carboxylic acids is 2. The van der Waals surface area contributed by atoms with Gasteiger partial charge in [0.15, 0.2) is 0 Å². The summed E-state index contributed by atoms with van der Waals surface area (Å²) in [6.07, 6.45) is 3.92. The molecule has 3 aliphatic rings. The van der Waals surface area contributed by atoms with Gasteiger partial charge in [0.1, 0.15) is 0 Å². The molecule has 0 N–H and O–H groups in total. The third kappa shape index (κ3) is 2.77. The van der Waals surface area contributed by atoms with Crippen LogP contribution in [0, 0.1) is 11.8 Å². The summed E-state index contributed by atoms with van der Waals surface area (Å²) < 4.78 is 30.4. The summed E-state index contributed by atoms with van der Waals surface area (Å²) in [5.41, 5.74) is -0.381. The van der Waals surface area contributed by atoms with Crippen molar-refractivity contribution < 1.29 is 22.5 Å². The number of piperidine rings is 1. The molecule has 3 saturated heterocycles. The van der Waals surface area contributed by atoms with Gasteiger partial charge in [-0.25, -0.2) is 12.7 Å². The molecule has 0 unspecified atom stereocenters. The van der Waals surface area contributed by atoms with Gasteiger partial charge in [-0.05, 0) is 19.8 Å². The van der Waals surface area contributed by atoms with Crippen LogP contribution < -0.4 is 0 Å². The number of likely N-dealkylation sites (tertiary alicyclic amines) is 2. The van der Waals surface area contributed by atoms with Gasteiger partial charge >= 0.3 is 0 Å². The lowest BCUT2D eigenvalue weighted by Gasteiger charge is -2.47. The van der Waals surface area contributed by atoms with Crippen molar-refractivity contribution in [2.75, 3.05) is 39.0 Å². The van der Waals surface area contributed by atoms with Gasteiger partial charge < -0.3 is 14.3 Å². The van der Waals surface area contributed by atoms with Gasteiger partial charge in [0.25, 0.3) is 5.91 Å². The summed E-state index contributed by atoms with van der Waals surface area (Å²) in [5.74, 6) is -0.250. The molecule has 0 aromatic carbocycles. The van der Waals surface area contributed by atoms with Crippen LogP contribution in [0.3, 0.4) is 0 Å². The summed E-state index contributed by atoms with van der Waals surface area (Å²) in [4.78, 5) is 29.1. The molecule has 2 atom stereocenters. The van der Waals surface area contributed by atoms with Crippen molar-refractivity contribution in [1.29, 1.82) is 0 Å². The Morgan fingerprint density at radius 3 is 2.59 bits per heavy atom. The molecule has 1 aromatic heterocycles. The van der Waals surface area contributed by atoms with E-state index in [1.54, 1.807) is 11.0 Å². The highest BCUT2D eigenvalue weighted by atomic mass is 32.2. The number of aromatic nitrogens is 1. The van der Waals surface area contributed by atoms with Crippen molar-refractivity contribution in [3.05, 3.63) is 18.0 Å². The molecular formula is C17H24N4O5S. The molecule has 9 nitrogen and oxygen atoms in total. The van der Waals surface area contributed by atoms with Crippen LogP contribution in [0.15, 0.2) is 16.8 Å². The molecule has 4 rings (SSSR count). The monoisotopic (exact) mass is 396 g/mol. The maximum atomic E-state index is 13.0. The van der Waals surface area contributed by atoms with Crippen LogP contribution in [-0.4, -0.2) is 84.0 Å². The van der Waals surface area contributed by atoms with Crippen LogP contribution in [0.5, 0.6) is 0 Å². The third-order valence-corrected chi connectivity index (χ3v) is 7.68. The Kier molecular flexibility index (Phi) is 4.30. The minimum atomic E-state index is -3.32. The first-order chi connectivity index (χ1) is 12.8. The van der Waals surface area contributed by atoms with Gasteiger partial charge in [-0.2, -0.15) is 0 Å². The highest BCUT2D eigenvalue weighted by Crippen LogP contribution is 2.50. The third-order valence-electron chi connectivity index (χ3n) is 6.45. The van der Waals surface area contributed by atoms with Crippen molar-refractivity contribution in [3.63, 3.8) is 0 Å². The molecule has 10 heteroatoms. The molecule has 27 heavy (non-hydrogen) atoms. The van der Waals surface area contributed by atoms with E-state index in [-0.39, 0.29) is 41.5 Å². The van der Waals surface area contributed by atoms with Gasteiger partial charge in [-0.1, -0.05) is 5.16 Å². The molecule has 3 aliphatic heterocycles. The normalized spacial score (nSPS) is 28.1. The fraction of sp³-hybridized carbons (Fsp3) is 0.706. The molecule has 3 fully saturated rings. The maximum absolute atomic E-state index is 13.0. The zero-order valence-corrected chi connectivity index (χ0v) is 16.3. The van der Waals surface area contributed by atoms with Gasteiger partial charge in [0.2, 0.25) is 21.7 Å². The molecular weight excluding hydrogens is 372 g/mol. The van der Waals surface area contributed by atoms with E-state index in [1.165, 1.54) is 16.8 Å². The van der Waals surface area contributed by atoms with E-state index in [0.717, 1.165) is 0 Å². The standard InChI is InChI=1S/C17H24N4O5S/c1-3-21-15(22)12-10-20(27(2,24)25)11-13(12)17(21)5-8-19(9-6-17)16(23)14-4-7-18-26-14/h4,7,12-13H,3,5-6,8-11H2,1-2H3/t12-,13+/m1/s1. The van der Waals surface area contributed by atoms with Crippen LogP contribution in [0.25, 0.3) is 0 Å². The Morgan fingerprint density at radius 1 is 1.33 bits per heavy atom. The molecule has 0 aliphatic carbocycles. The molecule has 0 radical (unpaired) electrons. The highest BCUT2D eigenvalue weighted by molar-refractivity contribution is 7.88. The Morgan fingerprint density at radius 2 is 2.04 bits per heavy atom. The Balaban J connectivity index is 1.56. The Hall–Kier alpha value is -1.94. The molecule has 148 valence electrons. The largest absolute Gasteiger partial charge is 0.351 e. The van der Waals surface area contributed by atoms with E-state index >= 15 is 0 Å². The zero-order valence-electron chi connectivity index (χ0n) is 15.5. The lowest BCUT2D eigenvalue weighted by atomic mass is 9.75. The molecule has 2 amide bonds. The van der Waals surface area contributed by atoms with Gasteiger partial charge in [0, 0.05) is 44.7 Å². The molecule has 0 bridgehead atoms. The van der Waals surface area contributed by atoms with Crippen LogP contribution in [0.2, 0.25) is 0 Å². The fourth-order valence-electron chi connectivity index (χ4n) is 5.14. The van der Waals surface area contributed by atoms with E-state index in [2.05, 4.69) is 5.16 Å². The number of fused-ring (bicyclic) bond motifs is 2. The average molecular weight is 396 g/mol. The summed E-state index contributed by atoms with van der Waals surface area (Å²) in [6.45, 7) is 4.21. The molecule has 1 aromatic rings. The van der Waals surface area contributed by atoms with Crippen molar-refractivity contribution in [2.24, 2.45) is 11.8 Å². The van der Waals surface area contributed by atoms with Crippen LogP contribution in [0.1, 0.15) is 30.3 Å². The number of hydrogen-bond acceptors (Lipinski definition) is 6.